The fraction of sp³-hybridized carbons (Fsp3) is 0.433. The molecule has 1 amide bonds. The van der Waals surface area contributed by atoms with Crippen molar-refractivity contribution >= 4 is 18.7 Å². The van der Waals surface area contributed by atoms with E-state index < -0.39 is 30.5 Å². The summed E-state index contributed by atoms with van der Waals surface area (Å²) >= 11 is 0. The molecule has 7 unspecified atom stereocenters. The lowest BCUT2D eigenvalue weighted by atomic mass is 9.67. The smallest absolute Gasteiger partial charge is 0.274 e. The monoisotopic (exact) mass is 568 g/mol. The van der Waals surface area contributed by atoms with Gasteiger partial charge in [-0.15, -0.1) is 0 Å². The second-order valence-corrected chi connectivity index (χ2v) is 14.8. The zero-order chi connectivity index (χ0) is 28.8. The van der Waals surface area contributed by atoms with Crippen molar-refractivity contribution < 1.29 is 22.9 Å². The fourth-order valence-corrected chi connectivity index (χ4v) is 8.62. The number of aromatic nitrogens is 2. The van der Waals surface area contributed by atoms with Crippen LogP contribution in [0.15, 0.2) is 48.8 Å². The first-order chi connectivity index (χ1) is 19.0. The van der Waals surface area contributed by atoms with Crippen molar-refractivity contribution in [1.82, 2.24) is 9.97 Å². The molecule has 1 aliphatic carbocycles. The lowest BCUT2D eigenvalue weighted by Crippen LogP contribution is -2.47. The van der Waals surface area contributed by atoms with Gasteiger partial charge in [-0.25, -0.2) is 13.8 Å². The Hall–Kier alpha value is -3.16. The highest BCUT2D eigenvalue weighted by Gasteiger charge is 2.46. The van der Waals surface area contributed by atoms with Gasteiger partial charge in [0.2, 0.25) is 0 Å². The number of nitrogens with one attached hydrogen (secondary N) is 1. The Kier molecular flexibility index (Phi) is 7.81. The van der Waals surface area contributed by atoms with Crippen LogP contribution in [-0.2, 0) is 4.57 Å². The number of ether oxygens (including phenoxy) is 1. The van der Waals surface area contributed by atoms with Crippen LogP contribution in [0, 0.1) is 23.5 Å². The summed E-state index contributed by atoms with van der Waals surface area (Å²) in [6, 6.07) is 8.08. The molecule has 7 atom stereocenters. The number of halogens is 2. The van der Waals surface area contributed by atoms with Crippen LogP contribution >= 0.6 is 7.14 Å². The zero-order valence-electron chi connectivity index (χ0n) is 23.1. The number of benzene rings is 1. The van der Waals surface area contributed by atoms with Gasteiger partial charge in [0.1, 0.15) is 41.8 Å². The summed E-state index contributed by atoms with van der Waals surface area (Å²) in [5, 5.41) is 2.88. The molecule has 3 aromatic rings. The molecule has 40 heavy (non-hydrogen) atoms. The van der Waals surface area contributed by atoms with Gasteiger partial charge < -0.3 is 20.4 Å². The number of carbonyl (C=O) groups is 1. The van der Waals surface area contributed by atoms with Crippen molar-refractivity contribution in [2.24, 2.45) is 17.6 Å². The molecule has 0 radical (unpaired) electrons. The van der Waals surface area contributed by atoms with Gasteiger partial charge in [0, 0.05) is 17.9 Å². The molecule has 4 bridgehead atoms. The van der Waals surface area contributed by atoms with Crippen LogP contribution in [0.25, 0.3) is 11.3 Å². The minimum Gasteiger partial charge on any atom is -0.482 e. The van der Waals surface area contributed by atoms with Crippen molar-refractivity contribution in [2.75, 3.05) is 12.0 Å². The minimum absolute atomic E-state index is 0.00430. The van der Waals surface area contributed by atoms with Gasteiger partial charge in [-0.2, -0.15) is 0 Å². The third-order valence-corrected chi connectivity index (χ3v) is 12.4. The molecule has 1 fully saturated rings. The summed E-state index contributed by atoms with van der Waals surface area (Å²) in [4.78, 5) is 21.8. The third kappa shape index (κ3) is 5.06. The molecule has 212 valence electrons. The molecule has 0 saturated heterocycles. The molecule has 1 saturated carbocycles. The zero-order valence-corrected chi connectivity index (χ0v) is 24.0. The molecule has 1 aromatic carbocycles. The Balaban J connectivity index is 1.70. The number of anilines is 1. The number of nitrogens with two attached hydrogens (primary N) is 1. The summed E-state index contributed by atoms with van der Waals surface area (Å²) < 4.78 is 51.0. The van der Waals surface area contributed by atoms with E-state index in [0.717, 1.165) is 24.5 Å². The number of nitrogens with zero attached hydrogens (tertiary/aromatic N) is 2. The molecule has 0 spiro atoms. The van der Waals surface area contributed by atoms with Gasteiger partial charge in [-0.3, -0.25) is 9.78 Å². The van der Waals surface area contributed by atoms with Crippen molar-refractivity contribution in [2.45, 2.75) is 63.5 Å². The van der Waals surface area contributed by atoms with E-state index in [1.807, 2.05) is 13.0 Å². The number of hydrogen-bond acceptors (Lipinski definition) is 6. The van der Waals surface area contributed by atoms with Crippen LogP contribution in [0.1, 0.15) is 62.0 Å². The van der Waals surface area contributed by atoms with Gasteiger partial charge in [0.15, 0.2) is 0 Å². The van der Waals surface area contributed by atoms with Crippen LogP contribution in [-0.4, -0.2) is 40.1 Å². The first-order valence-electron chi connectivity index (χ1n) is 13.7. The predicted octanol–water partition coefficient (Wildman–Crippen LogP) is 6.64. The normalized spacial score (nSPS) is 30.4. The molecule has 2 aliphatic heterocycles. The van der Waals surface area contributed by atoms with E-state index in [2.05, 4.69) is 22.2 Å². The average Bonchev–Trinajstić information content (AvgIpc) is 2.92. The van der Waals surface area contributed by atoms with Crippen molar-refractivity contribution in [3.8, 4) is 17.0 Å². The van der Waals surface area contributed by atoms with Crippen LogP contribution in [0.5, 0.6) is 5.75 Å². The topological polar surface area (TPSA) is 107 Å². The Morgan fingerprint density at radius 1 is 1.12 bits per heavy atom. The largest absolute Gasteiger partial charge is 0.482 e. The fourth-order valence-electron chi connectivity index (χ4n) is 6.49. The van der Waals surface area contributed by atoms with E-state index in [-0.39, 0.29) is 52.2 Å². The summed E-state index contributed by atoms with van der Waals surface area (Å²) in [6.07, 6.45) is 5.58. The number of fused-ring (bicyclic) bond motifs is 6. The highest BCUT2D eigenvalue weighted by atomic mass is 31.2. The van der Waals surface area contributed by atoms with Gasteiger partial charge in [-0.05, 0) is 80.1 Å². The maximum absolute atomic E-state index is 15.3. The van der Waals surface area contributed by atoms with E-state index in [1.165, 1.54) is 24.3 Å². The SMILES string of the molecule is CCC1CC2CC(N)C1C(C)P(C)(=O)C(C)Oc1cccc(F)c1-c1nc(ccc1F)C(=O)Nc1cnccc12. The van der Waals surface area contributed by atoms with E-state index in [1.54, 1.807) is 26.0 Å². The van der Waals surface area contributed by atoms with E-state index in [9.17, 15) is 9.36 Å². The minimum atomic E-state index is -3.06. The lowest BCUT2D eigenvalue weighted by molar-refractivity contribution is 0.102. The molecule has 7 nitrogen and oxygen atoms in total. The molecule has 4 heterocycles. The summed E-state index contributed by atoms with van der Waals surface area (Å²) in [6.45, 7) is 7.50. The summed E-state index contributed by atoms with van der Waals surface area (Å²) in [7, 11) is -3.06. The molecular formula is C30H35F2N4O3P. The Labute approximate surface area is 233 Å². The van der Waals surface area contributed by atoms with E-state index in [4.69, 9.17) is 10.5 Å². The Morgan fingerprint density at radius 3 is 2.65 bits per heavy atom. The highest BCUT2D eigenvalue weighted by molar-refractivity contribution is 7.64. The Bertz CT molecular complexity index is 1490. The van der Waals surface area contributed by atoms with Crippen molar-refractivity contribution in [1.29, 1.82) is 0 Å². The molecule has 3 N–H and O–H groups in total. The van der Waals surface area contributed by atoms with Crippen LogP contribution < -0.4 is 15.8 Å². The van der Waals surface area contributed by atoms with E-state index in [0.29, 0.717) is 12.1 Å². The van der Waals surface area contributed by atoms with E-state index >= 15 is 8.78 Å². The average molecular weight is 569 g/mol. The van der Waals surface area contributed by atoms with Crippen LogP contribution in [0.3, 0.4) is 0 Å². The number of pyridine rings is 2. The third-order valence-electron chi connectivity index (χ3n) is 8.93. The predicted molar refractivity (Wildman–Crippen MR) is 152 cm³/mol. The van der Waals surface area contributed by atoms with Crippen molar-refractivity contribution in [3.63, 3.8) is 0 Å². The van der Waals surface area contributed by atoms with Crippen molar-refractivity contribution in [3.05, 3.63) is 71.7 Å². The van der Waals surface area contributed by atoms with Gasteiger partial charge in [-0.1, -0.05) is 26.3 Å². The molecule has 3 aliphatic rings. The standard InChI is InChI=1S/C30H35F2N4O3P/c1-5-18-13-19-14-23(33)27(18)16(2)40(4,38)17(3)39-26-8-6-7-21(31)28(26)29-22(32)9-10-24(35-29)30(37)36-25-15-34-12-11-20(19)25/h6-12,15-19,23,27H,5,13-14,33H2,1-4H3,(H,36,37). The first-order valence-corrected chi connectivity index (χ1v) is 16.0. The molecule has 10 heteroatoms. The van der Waals surface area contributed by atoms with Gasteiger partial charge >= 0.3 is 0 Å². The maximum atomic E-state index is 15.3. The molecule has 2 aromatic heterocycles. The number of amides is 1. The lowest BCUT2D eigenvalue weighted by Gasteiger charge is -2.45. The van der Waals surface area contributed by atoms with Crippen LogP contribution in [0.2, 0.25) is 0 Å². The second-order valence-electron chi connectivity index (χ2n) is 11.2. The number of carbonyl (C=O) groups excluding carboxylic acids is 1. The highest BCUT2D eigenvalue weighted by Crippen LogP contribution is 2.59. The van der Waals surface area contributed by atoms with Gasteiger partial charge in [0.05, 0.1) is 17.4 Å². The maximum Gasteiger partial charge on any atom is 0.274 e. The Morgan fingerprint density at radius 2 is 1.90 bits per heavy atom. The number of hydrogen-bond donors (Lipinski definition) is 2. The molecular weight excluding hydrogens is 533 g/mol. The summed E-state index contributed by atoms with van der Waals surface area (Å²) in [5.74, 6) is -2.76. The summed E-state index contributed by atoms with van der Waals surface area (Å²) in [5.41, 5.74) is 7.31. The second kappa shape index (κ2) is 11.0. The molecule has 6 rings (SSSR count). The quantitative estimate of drug-likeness (QED) is 0.319. The first kappa shape index (κ1) is 28.4. The van der Waals surface area contributed by atoms with Gasteiger partial charge in [0.25, 0.3) is 5.91 Å². The number of rotatable bonds is 1. The van der Waals surface area contributed by atoms with Crippen LogP contribution in [0.4, 0.5) is 14.5 Å².